The maximum absolute atomic E-state index is 12.9. The number of hydrogen-bond acceptors (Lipinski definition) is 8. The van der Waals surface area contributed by atoms with Crippen LogP contribution in [0.25, 0.3) is 0 Å². The predicted octanol–water partition coefficient (Wildman–Crippen LogP) is 14.8. The highest BCUT2D eigenvalue weighted by molar-refractivity contribution is 5.69. The first-order valence-electron chi connectivity index (χ1n) is 25.7. The summed E-state index contributed by atoms with van der Waals surface area (Å²) >= 11 is 0. The van der Waals surface area contributed by atoms with Crippen molar-refractivity contribution >= 4 is 18.0 Å². The van der Waals surface area contributed by atoms with Gasteiger partial charge < -0.3 is 19.7 Å². The molecular formula is C51H100N2O7. The van der Waals surface area contributed by atoms with Crippen molar-refractivity contribution in [2.45, 2.75) is 279 Å². The van der Waals surface area contributed by atoms with Gasteiger partial charge in [0.1, 0.15) is 11.7 Å². The molecule has 1 N–H and O–H groups in total. The summed E-state index contributed by atoms with van der Waals surface area (Å²) in [4.78, 5) is 50.4. The molecule has 0 aliphatic rings. The zero-order valence-electron chi connectivity index (χ0n) is 41.0. The molecule has 2 unspecified atom stereocenters. The van der Waals surface area contributed by atoms with Crippen LogP contribution in [-0.4, -0.2) is 66.9 Å². The van der Waals surface area contributed by atoms with Crippen LogP contribution in [0.3, 0.4) is 0 Å². The van der Waals surface area contributed by atoms with Crippen molar-refractivity contribution in [3.63, 3.8) is 0 Å². The van der Waals surface area contributed by atoms with Crippen molar-refractivity contribution in [3.8, 4) is 0 Å². The summed E-state index contributed by atoms with van der Waals surface area (Å²) in [5, 5.41) is 2.81. The number of carbonyl (C=O) groups is 3. The second-order valence-electron chi connectivity index (χ2n) is 18.7. The summed E-state index contributed by atoms with van der Waals surface area (Å²) in [5.41, 5.74) is -0.565. The molecule has 0 radical (unpaired) electrons. The maximum Gasteiger partial charge on any atom is 0.438 e. The molecule has 0 saturated carbocycles. The number of carbonyl (C=O) groups excluding carboxylic acids is 3. The Bertz CT molecular complexity index is 971. The molecule has 0 bridgehead atoms. The molecule has 2 atom stereocenters. The van der Waals surface area contributed by atoms with Crippen molar-refractivity contribution in [2.24, 2.45) is 5.92 Å². The lowest BCUT2D eigenvalue weighted by atomic mass is 9.94. The van der Waals surface area contributed by atoms with Gasteiger partial charge in [0, 0.05) is 32.0 Å². The lowest BCUT2D eigenvalue weighted by molar-refractivity contribution is -0.300. The second-order valence-corrected chi connectivity index (χ2v) is 18.7. The maximum atomic E-state index is 12.9. The number of ether oxygens (including phenoxy) is 2. The van der Waals surface area contributed by atoms with Crippen LogP contribution in [0.5, 0.6) is 0 Å². The Balaban J connectivity index is 4.95. The number of esters is 2. The number of nitrogens with zero attached hydrogens (tertiary/aromatic N) is 1. The number of unbranched alkanes of at least 4 members (excludes halogenated alkanes) is 18. The molecule has 0 aromatic carbocycles. The summed E-state index contributed by atoms with van der Waals surface area (Å²) in [6, 6.07) is 0.383. The number of amides is 1. The van der Waals surface area contributed by atoms with Gasteiger partial charge in [0.25, 0.3) is 0 Å². The highest BCUT2D eigenvalue weighted by Gasteiger charge is 2.19. The predicted molar refractivity (Wildman–Crippen MR) is 251 cm³/mol. The molecular weight excluding hydrogens is 753 g/mol. The fraction of sp³-hybridized carbons (Fsp3) is 0.941. The normalized spacial score (nSPS) is 12.8. The molecule has 0 aliphatic carbocycles. The summed E-state index contributed by atoms with van der Waals surface area (Å²) in [6.07, 6.45) is 35.1. The lowest BCUT2D eigenvalue weighted by Gasteiger charge is -2.31. The molecule has 0 aliphatic heterocycles. The zero-order chi connectivity index (χ0) is 44.5. The van der Waals surface area contributed by atoms with E-state index in [1.54, 1.807) is 0 Å². The molecule has 0 heterocycles. The van der Waals surface area contributed by atoms with E-state index < -0.39 is 11.7 Å². The Labute approximate surface area is 371 Å². The third-order valence-corrected chi connectivity index (χ3v) is 11.8. The first-order valence-corrected chi connectivity index (χ1v) is 25.7. The van der Waals surface area contributed by atoms with Crippen LogP contribution in [0, 0.1) is 5.92 Å². The molecule has 356 valence electrons. The molecule has 0 rings (SSSR count). The van der Waals surface area contributed by atoms with E-state index >= 15 is 0 Å². The average molecular weight is 853 g/mol. The Kier molecular flexibility index (Phi) is 39.9. The number of nitrogens with one attached hydrogen (secondary N) is 1. The first kappa shape index (κ1) is 58.1. The highest BCUT2D eigenvalue weighted by Crippen LogP contribution is 2.21. The van der Waals surface area contributed by atoms with Crippen molar-refractivity contribution in [2.75, 3.05) is 26.2 Å². The Morgan fingerprint density at radius 2 is 1.02 bits per heavy atom. The average Bonchev–Trinajstić information content (AvgIpc) is 3.22. The van der Waals surface area contributed by atoms with Gasteiger partial charge in [0.2, 0.25) is 0 Å². The van der Waals surface area contributed by atoms with Crippen LogP contribution >= 0.6 is 0 Å². The Hall–Kier alpha value is -1.87. The van der Waals surface area contributed by atoms with Crippen molar-refractivity contribution in [3.05, 3.63) is 0 Å². The molecule has 0 saturated heterocycles. The van der Waals surface area contributed by atoms with E-state index in [0.29, 0.717) is 38.0 Å². The largest absolute Gasteiger partial charge is 0.465 e. The molecule has 60 heavy (non-hydrogen) atoms. The van der Waals surface area contributed by atoms with Gasteiger partial charge in [0.05, 0.1) is 6.61 Å². The van der Waals surface area contributed by atoms with Gasteiger partial charge in [-0.25, -0.2) is 4.79 Å². The fourth-order valence-corrected chi connectivity index (χ4v) is 7.96. The lowest BCUT2D eigenvalue weighted by Crippen LogP contribution is -2.38. The van der Waals surface area contributed by atoms with Crippen LogP contribution in [0.2, 0.25) is 0 Å². The topological polar surface area (TPSA) is 103 Å². The quantitative estimate of drug-likeness (QED) is 0.0280. The van der Waals surface area contributed by atoms with Crippen LogP contribution < -0.4 is 5.32 Å². The minimum Gasteiger partial charge on any atom is -0.465 e. The first-order chi connectivity index (χ1) is 29.0. The monoisotopic (exact) mass is 853 g/mol. The van der Waals surface area contributed by atoms with Crippen LogP contribution in [-0.2, 0) is 28.8 Å². The van der Waals surface area contributed by atoms with Gasteiger partial charge >= 0.3 is 18.0 Å². The van der Waals surface area contributed by atoms with E-state index in [-0.39, 0.29) is 18.0 Å². The van der Waals surface area contributed by atoms with Crippen molar-refractivity contribution in [1.29, 1.82) is 0 Å². The molecule has 0 spiro atoms. The number of rotatable bonds is 43. The van der Waals surface area contributed by atoms with E-state index in [1.165, 1.54) is 122 Å². The van der Waals surface area contributed by atoms with Gasteiger partial charge in [-0.15, -0.1) is 0 Å². The van der Waals surface area contributed by atoms with Crippen LogP contribution in [0.1, 0.15) is 261 Å². The van der Waals surface area contributed by atoms with E-state index in [2.05, 4.69) is 44.8 Å². The summed E-state index contributed by atoms with van der Waals surface area (Å²) < 4.78 is 11.8. The van der Waals surface area contributed by atoms with Gasteiger partial charge in [0.15, 0.2) is 0 Å². The van der Waals surface area contributed by atoms with Gasteiger partial charge in [-0.3, -0.25) is 14.5 Å². The van der Waals surface area contributed by atoms with E-state index in [4.69, 9.17) is 19.2 Å². The van der Waals surface area contributed by atoms with E-state index in [1.807, 2.05) is 20.8 Å². The molecule has 0 aromatic rings. The van der Waals surface area contributed by atoms with E-state index in [9.17, 15) is 14.4 Å². The summed E-state index contributed by atoms with van der Waals surface area (Å²) in [7, 11) is 0. The Morgan fingerprint density at radius 3 is 1.57 bits per heavy atom. The van der Waals surface area contributed by atoms with Crippen LogP contribution in [0.15, 0.2) is 0 Å². The van der Waals surface area contributed by atoms with Gasteiger partial charge in [-0.2, -0.15) is 4.89 Å². The highest BCUT2D eigenvalue weighted by atomic mass is 17.2. The number of hydrogen-bond donors (Lipinski definition) is 1. The second kappa shape index (κ2) is 41.2. The summed E-state index contributed by atoms with van der Waals surface area (Å²) in [5.74, 6) is 0.381. The SMILES string of the molecule is CCCCCCCCC(CCCCCCCC)COC(=O)CCCCCN(CCCNC(=O)OOC(C)(C)C)C(CC)CCCCC(=O)OC(CC)CCCCCCCC. The smallest absolute Gasteiger partial charge is 0.438 e. The standard InChI is InChI=1S/C51H100N2O7/c1-9-14-17-20-23-27-35-45(36-28-24-21-18-15-10-2)44-57-48(54)39-30-26-33-42-53(43-34-41-52-50(56)59-60-51(6,7)8)46(12-4)37-31-32-40-49(55)58-47(13-5)38-29-25-22-19-16-11-3/h45-47H,9-44H2,1-8H3,(H,52,56). The molecule has 1 amide bonds. The minimum absolute atomic E-state index is 0.0389. The van der Waals surface area contributed by atoms with Gasteiger partial charge in [-0.1, -0.05) is 157 Å². The fourth-order valence-electron chi connectivity index (χ4n) is 7.96. The molecule has 0 aromatic heterocycles. The molecule has 0 fully saturated rings. The Morgan fingerprint density at radius 1 is 0.533 bits per heavy atom. The zero-order valence-corrected chi connectivity index (χ0v) is 41.0. The van der Waals surface area contributed by atoms with Crippen LogP contribution in [0.4, 0.5) is 4.79 Å². The third kappa shape index (κ3) is 37.9. The molecule has 9 heteroatoms. The minimum atomic E-state index is -0.573. The van der Waals surface area contributed by atoms with Crippen molar-refractivity contribution < 1.29 is 33.6 Å². The third-order valence-electron chi connectivity index (χ3n) is 11.8. The molecule has 9 nitrogen and oxygen atoms in total. The summed E-state index contributed by atoms with van der Waals surface area (Å²) in [6.45, 7) is 19.5. The van der Waals surface area contributed by atoms with Crippen molar-refractivity contribution in [1.82, 2.24) is 10.2 Å². The van der Waals surface area contributed by atoms with Gasteiger partial charge in [-0.05, 0) is 104 Å². The van der Waals surface area contributed by atoms with E-state index in [0.717, 1.165) is 83.7 Å².